The maximum atomic E-state index is 10.9. The van der Waals surface area contributed by atoms with Crippen LogP contribution in [0.5, 0.6) is 0 Å². The molecule has 0 aromatic carbocycles. The van der Waals surface area contributed by atoms with Crippen molar-refractivity contribution in [1.29, 1.82) is 0 Å². The van der Waals surface area contributed by atoms with Crippen LogP contribution >= 0.6 is 0 Å². The van der Waals surface area contributed by atoms with Crippen LogP contribution in [-0.4, -0.2) is 22.0 Å². The highest BCUT2D eigenvalue weighted by molar-refractivity contribution is 5.91. The fourth-order valence-electron chi connectivity index (χ4n) is 2.86. The van der Waals surface area contributed by atoms with Gasteiger partial charge in [0.1, 0.15) is 0 Å². The lowest BCUT2D eigenvalue weighted by Gasteiger charge is -2.37. The van der Waals surface area contributed by atoms with E-state index in [4.69, 9.17) is 10.3 Å². The molecule has 4 heteroatoms. The smallest absolute Gasteiger partial charge is 0.306 e. The van der Waals surface area contributed by atoms with Crippen LogP contribution in [0.25, 0.3) is 0 Å². The van der Waals surface area contributed by atoms with Crippen LogP contribution < -0.4 is 0 Å². The van der Waals surface area contributed by atoms with E-state index in [0.717, 1.165) is 25.0 Å². The Labute approximate surface area is 82.6 Å². The molecule has 0 unspecified atom stereocenters. The van der Waals surface area contributed by atoms with E-state index >= 15 is 0 Å². The molecular formula is C10H15NO3. The second-order valence-electron chi connectivity index (χ2n) is 4.36. The molecule has 0 heterocycles. The van der Waals surface area contributed by atoms with E-state index in [9.17, 15) is 4.79 Å². The molecule has 2 N–H and O–H groups in total. The second kappa shape index (κ2) is 3.59. The first-order chi connectivity index (χ1) is 6.72. The zero-order valence-corrected chi connectivity index (χ0v) is 8.02. The molecule has 2 aliphatic carbocycles. The second-order valence-corrected chi connectivity index (χ2v) is 4.36. The third-order valence-electron chi connectivity index (χ3n) is 3.54. The minimum atomic E-state index is -0.695. The summed E-state index contributed by atoms with van der Waals surface area (Å²) in [5, 5.41) is 21.2. The summed E-state index contributed by atoms with van der Waals surface area (Å²) in [6.07, 6.45) is 4.43. The average molecular weight is 197 g/mol. The van der Waals surface area contributed by atoms with Gasteiger partial charge in [0.05, 0.1) is 11.6 Å². The van der Waals surface area contributed by atoms with Gasteiger partial charge in [-0.2, -0.15) is 0 Å². The Hall–Kier alpha value is -1.06. The first-order valence-electron chi connectivity index (χ1n) is 5.17. The standard InChI is InChI=1S/C10H15NO3/c12-10(13)8-4-6-2-1-3-7(5-8)9(6)11-14/h6-8,14H,1-5H2,(H,12,13)/t6-,7-,8?/m1/s1. The van der Waals surface area contributed by atoms with E-state index in [1.54, 1.807) is 0 Å². The van der Waals surface area contributed by atoms with Crippen molar-refractivity contribution < 1.29 is 15.1 Å². The van der Waals surface area contributed by atoms with Crippen molar-refractivity contribution in [2.45, 2.75) is 32.1 Å². The maximum absolute atomic E-state index is 10.9. The van der Waals surface area contributed by atoms with E-state index in [1.807, 2.05) is 0 Å². The van der Waals surface area contributed by atoms with Crippen molar-refractivity contribution in [3.8, 4) is 0 Å². The number of fused-ring (bicyclic) bond motifs is 2. The maximum Gasteiger partial charge on any atom is 0.306 e. The molecule has 14 heavy (non-hydrogen) atoms. The van der Waals surface area contributed by atoms with Gasteiger partial charge in [0, 0.05) is 11.8 Å². The highest BCUT2D eigenvalue weighted by Gasteiger charge is 2.40. The van der Waals surface area contributed by atoms with Crippen molar-refractivity contribution in [2.24, 2.45) is 22.9 Å². The quantitative estimate of drug-likeness (QED) is 0.496. The molecule has 0 aromatic rings. The lowest BCUT2D eigenvalue weighted by molar-refractivity contribution is -0.143. The van der Waals surface area contributed by atoms with Crippen LogP contribution in [-0.2, 0) is 4.79 Å². The van der Waals surface area contributed by atoms with Crippen LogP contribution in [0.3, 0.4) is 0 Å². The van der Waals surface area contributed by atoms with Crippen LogP contribution in [0.4, 0.5) is 0 Å². The third kappa shape index (κ3) is 1.49. The molecule has 0 saturated heterocycles. The van der Waals surface area contributed by atoms with Crippen LogP contribution in [0, 0.1) is 17.8 Å². The first-order valence-corrected chi connectivity index (χ1v) is 5.17. The van der Waals surface area contributed by atoms with Gasteiger partial charge in [-0.1, -0.05) is 11.6 Å². The summed E-state index contributed by atoms with van der Waals surface area (Å²) in [7, 11) is 0. The summed E-state index contributed by atoms with van der Waals surface area (Å²) in [5.41, 5.74) is 0.855. The fraction of sp³-hybridized carbons (Fsp3) is 0.800. The molecule has 0 aromatic heterocycles. The zero-order valence-electron chi connectivity index (χ0n) is 8.02. The first kappa shape index (κ1) is 9.49. The molecule has 0 aliphatic heterocycles. The normalized spacial score (nSPS) is 36.6. The number of oxime groups is 1. The molecule has 2 aliphatic rings. The van der Waals surface area contributed by atoms with E-state index < -0.39 is 5.97 Å². The highest BCUT2D eigenvalue weighted by Crippen LogP contribution is 2.40. The fourth-order valence-corrected chi connectivity index (χ4v) is 2.86. The van der Waals surface area contributed by atoms with Gasteiger partial charge in [-0.15, -0.1) is 0 Å². The van der Waals surface area contributed by atoms with Gasteiger partial charge in [0.25, 0.3) is 0 Å². The SMILES string of the molecule is O=C(O)C1C[C@H]2CCC[C@H](C1)C2=NO. The molecule has 2 bridgehead atoms. The summed E-state index contributed by atoms with van der Waals surface area (Å²) < 4.78 is 0. The molecule has 2 atom stereocenters. The monoisotopic (exact) mass is 197 g/mol. The van der Waals surface area contributed by atoms with Crippen molar-refractivity contribution in [3.63, 3.8) is 0 Å². The van der Waals surface area contributed by atoms with Crippen molar-refractivity contribution >= 4 is 11.7 Å². The van der Waals surface area contributed by atoms with Gasteiger partial charge in [-0.25, -0.2) is 0 Å². The Bertz CT molecular complexity index is 259. The average Bonchev–Trinajstić information content (AvgIpc) is 2.15. The number of aliphatic carboxylic acids is 1. The Morgan fingerprint density at radius 3 is 2.29 bits per heavy atom. The molecule has 2 saturated carbocycles. The van der Waals surface area contributed by atoms with Crippen LogP contribution in [0.2, 0.25) is 0 Å². The summed E-state index contributed by atoms with van der Waals surface area (Å²) in [6.45, 7) is 0. The number of rotatable bonds is 1. The van der Waals surface area contributed by atoms with Crippen molar-refractivity contribution in [2.75, 3.05) is 0 Å². The van der Waals surface area contributed by atoms with Gasteiger partial charge in [0.15, 0.2) is 0 Å². The Balaban J connectivity index is 2.16. The third-order valence-corrected chi connectivity index (χ3v) is 3.54. The lowest BCUT2D eigenvalue weighted by atomic mass is 9.66. The molecule has 0 spiro atoms. The predicted octanol–water partition coefficient (Wildman–Crippen LogP) is 1.73. The number of nitrogens with zero attached hydrogens (tertiary/aromatic N) is 1. The molecule has 2 rings (SSSR count). The molecule has 0 amide bonds. The molecule has 2 fully saturated rings. The molecular weight excluding hydrogens is 182 g/mol. The van der Waals surface area contributed by atoms with Gasteiger partial charge in [0.2, 0.25) is 0 Å². The topological polar surface area (TPSA) is 69.9 Å². The predicted molar refractivity (Wildman–Crippen MR) is 50.4 cm³/mol. The van der Waals surface area contributed by atoms with Crippen LogP contribution in [0.1, 0.15) is 32.1 Å². The largest absolute Gasteiger partial charge is 0.481 e. The molecule has 0 radical (unpaired) electrons. The minimum Gasteiger partial charge on any atom is -0.481 e. The molecule has 78 valence electrons. The number of hydrogen-bond acceptors (Lipinski definition) is 3. The summed E-state index contributed by atoms with van der Waals surface area (Å²) in [4.78, 5) is 10.9. The van der Waals surface area contributed by atoms with Gasteiger partial charge >= 0.3 is 5.97 Å². The van der Waals surface area contributed by atoms with E-state index in [0.29, 0.717) is 12.8 Å². The van der Waals surface area contributed by atoms with Gasteiger partial charge in [-0.05, 0) is 25.7 Å². The van der Waals surface area contributed by atoms with Crippen LogP contribution in [0.15, 0.2) is 5.16 Å². The summed E-state index contributed by atoms with van der Waals surface area (Å²) in [6, 6.07) is 0. The van der Waals surface area contributed by atoms with Gasteiger partial charge in [-0.3, -0.25) is 4.79 Å². The minimum absolute atomic E-state index is 0.216. The van der Waals surface area contributed by atoms with E-state index in [-0.39, 0.29) is 17.8 Å². The zero-order chi connectivity index (χ0) is 10.1. The Kier molecular flexibility index (Phi) is 2.44. The van der Waals surface area contributed by atoms with Gasteiger partial charge < -0.3 is 10.3 Å². The lowest BCUT2D eigenvalue weighted by Crippen LogP contribution is -2.39. The Morgan fingerprint density at radius 1 is 1.29 bits per heavy atom. The Morgan fingerprint density at radius 2 is 1.86 bits per heavy atom. The summed E-state index contributed by atoms with van der Waals surface area (Å²) >= 11 is 0. The van der Waals surface area contributed by atoms with E-state index in [1.165, 1.54) is 0 Å². The number of carbonyl (C=O) groups is 1. The summed E-state index contributed by atoms with van der Waals surface area (Å²) in [5.74, 6) is -0.489. The number of carboxylic acid groups (broad SMARTS) is 1. The molecule has 4 nitrogen and oxygen atoms in total. The number of hydrogen-bond donors (Lipinski definition) is 2. The highest BCUT2D eigenvalue weighted by atomic mass is 16.4. The van der Waals surface area contributed by atoms with Crippen molar-refractivity contribution in [1.82, 2.24) is 0 Å². The van der Waals surface area contributed by atoms with E-state index in [2.05, 4.69) is 5.16 Å². The number of carboxylic acids is 1. The van der Waals surface area contributed by atoms with Crippen molar-refractivity contribution in [3.05, 3.63) is 0 Å².